The van der Waals surface area contributed by atoms with Crippen molar-refractivity contribution in [3.8, 4) is 17.3 Å². The minimum atomic E-state index is -1.29. The van der Waals surface area contributed by atoms with E-state index in [1.807, 2.05) is 35.7 Å². The van der Waals surface area contributed by atoms with Gasteiger partial charge in [0.1, 0.15) is 11.4 Å². The lowest BCUT2D eigenvalue weighted by atomic mass is 9.86. The van der Waals surface area contributed by atoms with E-state index in [0.717, 1.165) is 16.8 Å². The van der Waals surface area contributed by atoms with E-state index in [0.29, 0.717) is 11.3 Å². The molecule has 5 rings (SSSR count). The summed E-state index contributed by atoms with van der Waals surface area (Å²) < 4.78 is 16.5. The van der Waals surface area contributed by atoms with Crippen molar-refractivity contribution < 1.29 is 9.50 Å². The Morgan fingerprint density at radius 1 is 1.24 bits per heavy atom. The van der Waals surface area contributed by atoms with Crippen LogP contribution in [0.2, 0.25) is 0 Å². The first-order chi connectivity index (χ1) is 14.1. The Hall–Kier alpha value is -3.34. The maximum absolute atomic E-state index is 14.7. The molecule has 1 aliphatic rings. The molecule has 3 heterocycles. The summed E-state index contributed by atoms with van der Waals surface area (Å²) in [6, 6.07) is 13.6. The number of hydrogen-bond acceptors (Lipinski definition) is 5. The van der Waals surface area contributed by atoms with Crippen molar-refractivity contribution in [3.05, 3.63) is 94.1 Å². The molecule has 0 bridgehead atoms. The smallest absolute Gasteiger partial charge is 0.133 e. The summed E-state index contributed by atoms with van der Waals surface area (Å²) in [6.07, 6.45) is 3.51. The molecule has 0 aliphatic carbocycles. The van der Waals surface area contributed by atoms with Crippen LogP contribution in [0.15, 0.2) is 65.9 Å². The molecule has 4 aromatic rings. The second-order valence-corrected chi connectivity index (χ2v) is 7.78. The number of aromatic nitrogens is 3. The molecule has 5 nitrogen and oxygen atoms in total. The molecule has 2 atom stereocenters. The number of fused-ring (bicyclic) bond motifs is 1. The van der Waals surface area contributed by atoms with Crippen molar-refractivity contribution in [2.24, 2.45) is 0 Å². The number of rotatable bonds is 3. The normalized spacial score (nSPS) is 20.4. The van der Waals surface area contributed by atoms with Crippen LogP contribution in [0.1, 0.15) is 34.8 Å². The van der Waals surface area contributed by atoms with Gasteiger partial charge in [0.25, 0.3) is 0 Å². The lowest BCUT2D eigenvalue weighted by Gasteiger charge is -2.23. The van der Waals surface area contributed by atoms with Crippen molar-refractivity contribution in [1.82, 2.24) is 14.5 Å². The fraction of sp³-hybridized carbons (Fsp3) is 0.136. The van der Waals surface area contributed by atoms with E-state index in [9.17, 15) is 9.50 Å². The predicted molar refractivity (Wildman–Crippen MR) is 107 cm³/mol. The molecule has 2 aromatic carbocycles. The van der Waals surface area contributed by atoms with Crippen LogP contribution in [0.25, 0.3) is 11.3 Å². The van der Waals surface area contributed by atoms with Gasteiger partial charge in [-0.1, -0.05) is 30.3 Å². The van der Waals surface area contributed by atoms with E-state index in [1.54, 1.807) is 34.7 Å². The molecule has 7 heteroatoms. The summed E-state index contributed by atoms with van der Waals surface area (Å²) >= 11 is 1.53. The first-order valence-electron chi connectivity index (χ1n) is 9.03. The lowest BCUT2D eigenvalue weighted by Crippen LogP contribution is -2.24. The molecule has 29 heavy (non-hydrogen) atoms. The average molecular weight is 402 g/mol. The highest BCUT2D eigenvalue weighted by Gasteiger charge is 2.45. The molecule has 2 aromatic heterocycles. The summed E-state index contributed by atoms with van der Waals surface area (Å²) in [5.41, 5.74) is 4.39. The van der Waals surface area contributed by atoms with Crippen molar-refractivity contribution in [1.29, 1.82) is 5.26 Å². The van der Waals surface area contributed by atoms with Crippen LogP contribution in [-0.2, 0) is 5.60 Å². The molecule has 0 radical (unpaired) electrons. The molecule has 0 saturated heterocycles. The van der Waals surface area contributed by atoms with E-state index in [-0.39, 0.29) is 12.0 Å². The van der Waals surface area contributed by atoms with Crippen LogP contribution in [0.4, 0.5) is 4.39 Å². The van der Waals surface area contributed by atoms with Gasteiger partial charge in [-0.05, 0) is 17.7 Å². The topological polar surface area (TPSA) is 74.7 Å². The van der Waals surface area contributed by atoms with E-state index in [2.05, 4.69) is 9.97 Å². The van der Waals surface area contributed by atoms with Gasteiger partial charge < -0.3 is 9.67 Å². The van der Waals surface area contributed by atoms with Gasteiger partial charge in [-0.2, -0.15) is 5.26 Å². The number of nitrogens with zero attached hydrogens (tertiary/aromatic N) is 4. The second kappa shape index (κ2) is 6.62. The molecule has 1 N–H and O–H groups in total. The molecule has 1 aliphatic heterocycles. The van der Waals surface area contributed by atoms with E-state index in [4.69, 9.17) is 5.26 Å². The largest absolute Gasteiger partial charge is 0.379 e. The molecule has 0 saturated carbocycles. The van der Waals surface area contributed by atoms with Crippen molar-refractivity contribution >= 4 is 11.3 Å². The Bertz CT molecular complexity index is 1230. The van der Waals surface area contributed by atoms with Crippen molar-refractivity contribution in [3.63, 3.8) is 0 Å². The number of aliphatic hydroxyl groups is 1. The highest BCUT2D eigenvalue weighted by atomic mass is 32.1. The number of imidazole rings is 1. The monoisotopic (exact) mass is 402 g/mol. The maximum atomic E-state index is 14.7. The molecule has 142 valence electrons. The van der Waals surface area contributed by atoms with Gasteiger partial charge in [0.05, 0.1) is 47.1 Å². The number of thiazole rings is 1. The fourth-order valence-corrected chi connectivity index (χ4v) is 4.58. The summed E-state index contributed by atoms with van der Waals surface area (Å²) in [4.78, 5) is 8.49. The second-order valence-electron chi connectivity index (χ2n) is 7.07. The van der Waals surface area contributed by atoms with Crippen LogP contribution in [0, 0.1) is 17.1 Å². The molecular formula is C22H15FN4OS. The maximum Gasteiger partial charge on any atom is 0.133 e. The van der Waals surface area contributed by atoms with Gasteiger partial charge in [0.2, 0.25) is 0 Å². The zero-order valence-corrected chi connectivity index (χ0v) is 16.0. The third-order valence-electron chi connectivity index (χ3n) is 5.49. The fourth-order valence-electron chi connectivity index (χ4n) is 4.02. The van der Waals surface area contributed by atoms with Gasteiger partial charge in [-0.15, -0.1) is 11.3 Å². The summed E-state index contributed by atoms with van der Waals surface area (Å²) in [6.45, 7) is 0. The Kier molecular flexibility index (Phi) is 4.05. The standard InChI is InChI=1S/C22H15FN4OS/c23-18-7-14(9-24)1-6-17(18)20-8-22(28,21-10-25-12-27(20)21)16-4-2-15(3-5-16)19-11-29-13-26-19/h1-7,10-13,20,28H,8H2/t20-,22+/m1/s1. The third-order valence-corrected chi connectivity index (χ3v) is 6.08. The summed E-state index contributed by atoms with van der Waals surface area (Å²) in [7, 11) is 0. The molecule has 0 amide bonds. The van der Waals surface area contributed by atoms with E-state index >= 15 is 0 Å². The Morgan fingerprint density at radius 2 is 2.07 bits per heavy atom. The number of benzene rings is 2. The van der Waals surface area contributed by atoms with Crippen LogP contribution >= 0.6 is 11.3 Å². The zero-order chi connectivity index (χ0) is 20.0. The Labute approximate surface area is 170 Å². The van der Waals surface area contributed by atoms with Crippen LogP contribution in [0.3, 0.4) is 0 Å². The number of hydrogen-bond donors (Lipinski definition) is 1. The minimum absolute atomic E-state index is 0.267. The number of nitriles is 1. The highest BCUT2D eigenvalue weighted by molar-refractivity contribution is 7.07. The van der Waals surface area contributed by atoms with Crippen molar-refractivity contribution in [2.75, 3.05) is 0 Å². The van der Waals surface area contributed by atoms with E-state index in [1.165, 1.54) is 17.4 Å². The van der Waals surface area contributed by atoms with Crippen LogP contribution in [-0.4, -0.2) is 19.6 Å². The molecular weight excluding hydrogens is 387 g/mol. The van der Waals surface area contributed by atoms with Crippen LogP contribution in [0.5, 0.6) is 0 Å². The Morgan fingerprint density at radius 3 is 2.76 bits per heavy atom. The summed E-state index contributed by atoms with van der Waals surface area (Å²) in [5, 5.41) is 22.6. The van der Waals surface area contributed by atoms with Gasteiger partial charge >= 0.3 is 0 Å². The lowest BCUT2D eigenvalue weighted by molar-refractivity contribution is 0.0792. The quantitative estimate of drug-likeness (QED) is 0.556. The predicted octanol–water partition coefficient (Wildman–Crippen LogP) is 4.25. The molecule has 0 unspecified atom stereocenters. The SMILES string of the molecule is N#Cc1ccc([C@H]2C[C@](O)(c3ccc(-c4cscn4)cc3)c3cncn32)c(F)c1. The molecule has 0 spiro atoms. The average Bonchev–Trinajstić information content (AvgIpc) is 3.48. The van der Waals surface area contributed by atoms with Gasteiger partial charge in [-0.3, -0.25) is 0 Å². The summed E-state index contributed by atoms with van der Waals surface area (Å²) in [5.74, 6) is -0.461. The van der Waals surface area contributed by atoms with Gasteiger partial charge in [0.15, 0.2) is 0 Å². The van der Waals surface area contributed by atoms with Crippen molar-refractivity contribution in [2.45, 2.75) is 18.1 Å². The first-order valence-corrected chi connectivity index (χ1v) is 9.98. The number of halogens is 1. The van der Waals surface area contributed by atoms with E-state index < -0.39 is 17.5 Å². The van der Waals surface area contributed by atoms with Crippen LogP contribution < -0.4 is 0 Å². The minimum Gasteiger partial charge on any atom is -0.379 e. The van der Waals surface area contributed by atoms with Gasteiger partial charge in [-0.25, -0.2) is 14.4 Å². The Balaban J connectivity index is 1.54. The molecule has 0 fully saturated rings. The highest BCUT2D eigenvalue weighted by Crippen LogP contribution is 2.47. The third kappa shape index (κ3) is 2.77. The van der Waals surface area contributed by atoms with Gasteiger partial charge in [0, 0.05) is 22.9 Å². The first kappa shape index (κ1) is 17.7. The zero-order valence-electron chi connectivity index (χ0n) is 15.2.